The first-order valence-electron chi connectivity index (χ1n) is 10.5. The van der Waals surface area contributed by atoms with Gasteiger partial charge in [0.25, 0.3) is 0 Å². The number of fused-ring (bicyclic) bond motifs is 1. The molecule has 0 unspecified atom stereocenters. The van der Waals surface area contributed by atoms with Crippen molar-refractivity contribution < 1.29 is 17.6 Å². The first-order chi connectivity index (χ1) is 14.9. The predicted octanol–water partition coefficient (Wildman–Crippen LogP) is 4.16. The molecule has 9 heteroatoms. The van der Waals surface area contributed by atoms with Gasteiger partial charge in [-0.05, 0) is 42.5 Å². The highest BCUT2D eigenvalue weighted by atomic mass is 19.4. The van der Waals surface area contributed by atoms with Gasteiger partial charge in [-0.3, -0.25) is 9.30 Å². The molecule has 0 radical (unpaired) electrons. The zero-order chi connectivity index (χ0) is 21.6. The van der Waals surface area contributed by atoms with Gasteiger partial charge in [-0.15, -0.1) is 10.2 Å². The molecule has 0 amide bonds. The van der Waals surface area contributed by atoms with Crippen LogP contribution in [0.5, 0.6) is 0 Å². The van der Waals surface area contributed by atoms with Crippen LogP contribution in [0.3, 0.4) is 0 Å². The van der Waals surface area contributed by atoms with E-state index in [9.17, 15) is 17.6 Å². The predicted molar refractivity (Wildman–Crippen MR) is 108 cm³/mol. The normalized spacial score (nSPS) is 18.1. The van der Waals surface area contributed by atoms with Crippen molar-refractivity contribution in [1.82, 2.24) is 19.5 Å². The molecule has 1 aromatic carbocycles. The number of halogens is 4. The molecular formula is C22H23F4N5. The highest BCUT2D eigenvalue weighted by Gasteiger charge is 2.38. The molecule has 0 bridgehead atoms. The number of aromatic nitrogens is 3. The second-order valence-electron chi connectivity index (χ2n) is 8.39. The first-order valence-corrected chi connectivity index (χ1v) is 10.5. The lowest BCUT2D eigenvalue weighted by molar-refractivity contribution is -0.137. The molecule has 1 saturated carbocycles. The van der Waals surface area contributed by atoms with Gasteiger partial charge in [0.1, 0.15) is 17.2 Å². The van der Waals surface area contributed by atoms with Crippen LogP contribution in [0.25, 0.3) is 5.65 Å². The molecular weight excluding hydrogens is 410 g/mol. The van der Waals surface area contributed by atoms with E-state index in [4.69, 9.17) is 0 Å². The number of alkyl halides is 3. The number of anilines is 1. The minimum atomic E-state index is -4.52. The third kappa shape index (κ3) is 4.11. The van der Waals surface area contributed by atoms with Crippen molar-refractivity contribution in [3.63, 3.8) is 0 Å². The van der Waals surface area contributed by atoms with Gasteiger partial charge in [-0.2, -0.15) is 13.2 Å². The topological polar surface area (TPSA) is 36.7 Å². The van der Waals surface area contributed by atoms with E-state index in [-0.39, 0.29) is 23.6 Å². The fraction of sp³-hybridized carbons (Fsp3) is 0.455. The summed E-state index contributed by atoms with van der Waals surface area (Å²) in [7, 11) is 0. The molecule has 0 N–H and O–H groups in total. The van der Waals surface area contributed by atoms with Crippen LogP contribution < -0.4 is 4.90 Å². The number of rotatable bonds is 5. The van der Waals surface area contributed by atoms with Gasteiger partial charge in [-0.25, -0.2) is 4.39 Å². The largest absolute Gasteiger partial charge is 0.420 e. The second kappa shape index (κ2) is 7.78. The van der Waals surface area contributed by atoms with Crippen molar-refractivity contribution in [3.05, 3.63) is 59.3 Å². The van der Waals surface area contributed by atoms with Gasteiger partial charge in [0.2, 0.25) is 0 Å². The monoisotopic (exact) mass is 433 g/mol. The van der Waals surface area contributed by atoms with Crippen LogP contribution in [0, 0.1) is 11.7 Å². The van der Waals surface area contributed by atoms with Crippen molar-refractivity contribution in [1.29, 1.82) is 0 Å². The summed E-state index contributed by atoms with van der Waals surface area (Å²) in [5, 5.41) is 7.95. The van der Waals surface area contributed by atoms with Gasteiger partial charge in [0.05, 0.1) is 5.69 Å². The molecule has 2 aromatic heterocycles. The van der Waals surface area contributed by atoms with E-state index in [0.717, 1.165) is 12.8 Å². The number of pyridine rings is 1. The Morgan fingerprint density at radius 2 is 1.71 bits per heavy atom. The molecule has 0 atom stereocenters. The quantitative estimate of drug-likeness (QED) is 0.567. The summed E-state index contributed by atoms with van der Waals surface area (Å²) in [6.07, 6.45) is -0.00425. The fourth-order valence-corrected chi connectivity index (χ4v) is 4.30. The average molecular weight is 433 g/mol. The van der Waals surface area contributed by atoms with Crippen LogP contribution in [0.15, 0.2) is 36.5 Å². The number of nitrogens with zero attached hydrogens (tertiary/aromatic N) is 5. The summed E-state index contributed by atoms with van der Waals surface area (Å²) in [4.78, 5) is 3.91. The Hall–Kier alpha value is -2.68. The van der Waals surface area contributed by atoms with Crippen molar-refractivity contribution in [2.24, 2.45) is 5.92 Å². The van der Waals surface area contributed by atoms with Crippen LogP contribution in [-0.4, -0.2) is 45.7 Å². The Labute approximate surface area is 177 Å². The van der Waals surface area contributed by atoms with Gasteiger partial charge < -0.3 is 4.90 Å². The van der Waals surface area contributed by atoms with Crippen LogP contribution in [-0.2, 0) is 19.1 Å². The molecule has 2 aliphatic rings. The van der Waals surface area contributed by atoms with Crippen LogP contribution in [0.1, 0.15) is 29.8 Å². The van der Waals surface area contributed by atoms with Gasteiger partial charge in [0, 0.05) is 45.3 Å². The number of piperazine rings is 1. The average Bonchev–Trinajstić information content (AvgIpc) is 3.47. The Kier molecular flexibility index (Phi) is 5.08. The maximum absolute atomic E-state index is 14.0. The molecule has 5 nitrogen and oxygen atoms in total. The van der Waals surface area contributed by atoms with Crippen LogP contribution >= 0.6 is 0 Å². The summed E-state index contributed by atoms with van der Waals surface area (Å²) in [5.74, 6) is 0.815. The molecule has 3 aromatic rings. The molecule has 0 spiro atoms. The Bertz CT molecular complexity index is 1080. The molecule has 5 rings (SSSR count). The lowest BCUT2D eigenvalue weighted by Gasteiger charge is -2.36. The first kappa shape index (κ1) is 20.2. The zero-order valence-electron chi connectivity index (χ0n) is 16.9. The smallest absolute Gasteiger partial charge is 0.367 e. The second-order valence-corrected chi connectivity index (χ2v) is 8.39. The summed E-state index contributed by atoms with van der Waals surface area (Å²) in [6, 6.07) is 8.11. The van der Waals surface area contributed by atoms with Gasteiger partial charge >= 0.3 is 6.18 Å². The third-order valence-electron chi connectivity index (χ3n) is 6.15. The molecule has 2 fully saturated rings. The van der Waals surface area contributed by atoms with E-state index < -0.39 is 11.7 Å². The Balaban J connectivity index is 1.36. The summed E-state index contributed by atoms with van der Waals surface area (Å²) < 4.78 is 57.5. The van der Waals surface area contributed by atoms with Gasteiger partial charge in [-0.1, -0.05) is 12.1 Å². The third-order valence-corrected chi connectivity index (χ3v) is 6.15. The highest BCUT2D eigenvalue weighted by Crippen LogP contribution is 2.37. The number of para-hydroxylation sites is 1. The van der Waals surface area contributed by atoms with E-state index >= 15 is 0 Å². The maximum atomic E-state index is 14.0. The van der Waals surface area contributed by atoms with Crippen LogP contribution in [0.2, 0.25) is 0 Å². The lowest BCUT2D eigenvalue weighted by Crippen LogP contribution is -2.46. The van der Waals surface area contributed by atoms with E-state index in [1.807, 2.05) is 9.80 Å². The van der Waals surface area contributed by atoms with Crippen molar-refractivity contribution in [2.45, 2.75) is 32.0 Å². The summed E-state index contributed by atoms with van der Waals surface area (Å²) in [5.41, 5.74) is -0.0948. The zero-order valence-corrected chi connectivity index (χ0v) is 16.9. The number of hydrogen-bond donors (Lipinski definition) is 0. The SMILES string of the molecule is Fc1ccccc1N1CCN(Cc2ccn3c(CC4CC4)nnc3c2C(F)(F)F)CC1. The van der Waals surface area contributed by atoms with Crippen molar-refractivity contribution in [3.8, 4) is 0 Å². The minimum Gasteiger partial charge on any atom is -0.367 e. The summed E-state index contributed by atoms with van der Waals surface area (Å²) in [6.45, 7) is 2.39. The molecule has 1 aliphatic heterocycles. The van der Waals surface area contributed by atoms with E-state index in [2.05, 4.69) is 10.2 Å². The van der Waals surface area contributed by atoms with Crippen molar-refractivity contribution >= 4 is 11.3 Å². The van der Waals surface area contributed by atoms with E-state index in [0.29, 0.717) is 50.0 Å². The van der Waals surface area contributed by atoms with Crippen molar-refractivity contribution in [2.75, 3.05) is 31.1 Å². The van der Waals surface area contributed by atoms with Gasteiger partial charge in [0.15, 0.2) is 5.65 Å². The molecule has 164 valence electrons. The molecule has 3 heterocycles. The molecule has 31 heavy (non-hydrogen) atoms. The number of benzene rings is 1. The fourth-order valence-electron chi connectivity index (χ4n) is 4.30. The highest BCUT2D eigenvalue weighted by molar-refractivity contribution is 5.54. The van der Waals surface area contributed by atoms with E-state index in [1.54, 1.807) is 30.5 Å². The number of hydrogen-bond acceptors (Lipinski definition) is 4. The Morgan fingerprint density at radius 3 is 2.39 bits per heavy atom. The molecule has 1 saturated heterocycles. The van der Waals surface area contributed by atoms with Crippen LogP contribution in [0.4, 0.5) is 23.2 Å². The Morgan fingerprint density at radius 1 is 0.968 bits per heavy atom. The molecule has 1 aliphatic carbocycles. The standard InChI is InChI=1S/C22H23F4N5/c23-17-3-1-2-4-18(17)30-11-9-29(10-12-30)14-16-7-8-31-19(13-15-5-6-15)27-28-21(31)20(16)22(24,25)26/h1-4,7-8,15H,5-6,9-14H2. The summed E-state index contributed by atoms with van der Waals surface area (Å²) >= 11 is 0. The minimum absolute atomic E-state index is 0.120. The van der Waals surface area contributed by atoms with E-state index in [1.165, 1.54) is 10.5 Å². The maximum Gasteiger partial charge on any atom is 0.420 e. The lowest BCUT2D eigenvalue weighted by atomic mass is 10.1.